The molecule has 1 amide bonds. The van der Waals surface area contributed by atoms with E-state index in [1.807, 2.05) is 0 Å². The Kier molecular flexibility index (Phi) is 3.09. The third kappa shape index (κ3) is 2.58. The van der Waals surface area contributed by atoms with E-state index in [0.717, 1.165) is 5.39 Å². The van der Waals surface area contributed by atoms with Gasteiger partial charge < -0.3 is 15.5 Å². The van der Waals surface area contributed by atoms with E-state index >= 15 is 0 Å². The molecule has 0 saturated carbocycles. The highest BCUT2D eigenvalue weighted by atomic mass is 16.3. The van der Waals surface area contributed by atoms with Crippen molar-refractivity contribution < 1.29 is 9.21 Å². The molecule has 3 rings (SSSR count). The number of carbonyl (C=O) groups excluding carboxylic acids is 1. The summed E-state index contributed by atoms with van der Waals surface area (Å²) < 4.78 is 5.51. The number of terminal acetylenes is 1. The Morgan fingerprint density at radius 1 is 1.19 bits per heavy atom. The Balaban J connectivity index is 1.88. The maximum absolute atomic E-state index is 12.2. The van der Waals surface area contributed by atoms with Crippen LogP contribution in [0.2, 0.25) is 0 Å². The van der Waals surface area contributed by atoms with E-state index in [0.29, 0.717) is 22.5 Å². The summed E-state index contributed by atoms with van der Waals surface area (Å²) in [6.45, 7) is 0. The number of rotatable bonds is 2. The second-order valence-corrected chi connectivity index (χ2v) is 4.59. The van der Waals surface area contributed by atoms with Gasteiger partial charge in [-0.1, -0.05) is 12.0 Å². The van der Waals surface area contributed by atoms with Crippen LogP contribution in [0.15, 0.2) is 52.9 Å². The number of amides is 1. The molecule has 4 nitrogen and oxygen atoms in total. The molecule has 0 aliphatic carbocycles. The third-order valence-corrected chi connectivity index (χ3v) is 3.05. The van der Waals surface area contributed by atoms with E-state index in [1.54, 1.807) is 48.5 Å². The smallest absolute Gasteiger partial charge is 0.291 e. The predicted octanol–water partition coefficient (Wildman–Crippen LogP) is 3.25. The molecule has 3 aromatic rings. The molecule has 4 heteroatoms. The Hall–Kier alpha value is -3.19. The standard InChI is InChI=1S/C17H12N2O2/c1-2-11-4-3-5-14(8-11)19-17(20)16-10-12-9-13(18)6-7-15(12)21-16/h1,3-10H,18H2,(H,19,20). The molecular weight excluding hydrogens is 264 g/mol. The number of carbonyl (C=O) groups is 1. The van der Waals surface area contributed by atoms with E-state index in [1.165, 1.54) is 0 Å². The lowest BCUT2D eigenvalue weighted by atomic mass is 10.2. The number of hydrogen-bond donors (Lipinski definition) is 2. The monoisotopic (exact) mass is 276 g/mol. The molecule has 1 aromatic heterocycles. The van der Waals surface area contributed by atoms with Crippen molar-refractivity contribution in [1.82, 2.24) is 0 Å². The molecule has 2 aromatic carbocycles. The molecule has 1 heterocycles. The van der Waals surface area contributed by atoms with E-state index in [-0.39, 0.29) is 11.7 Å². The Bertz CT molecular complexity index is 872. The number of anilines is 2. The highest BCUT2D eigenvalue weighted by Crippen LogP contribution is 2.22. The Labute approximate surface area is 121 Å². The molecule has 0 atom stereocenters. The topological polar surface area (TPSA) is 68.3 Å². The van der Waals surface area contributed by atoms with Crippen LogP contribution in [0, 0.1) is 12.3 Å². The van der Waals surface area contributed by atoms with Gasteiger partial charge in [0.15, 0.2) is 5.76 Å². The van der Waals surface area contributed by atoms with Crippen molar-refractivity contribution in [3.05, 3.63) is 59.9 Å². The van der Waals surface area contributed by atoms with Crippen LogP contribution in [-0.4, -0.2) is 5.91 Å². The molecule has 0 spiro atoms. The summed E-state index contributed by atoms with van der Waals surface area (Å²) in [7, 11) is 0. The molecule has 0 radical (unpaired) electrons. The molecule has 0 fully saturated rings. The molecule has 0 aliphatic rings. The summed E-state index contributed by atoms with van der Waals surface area (Å²) in [5, 5.41) is 3.54. The zero-order chi connectivity index (χ0) is 14.8. The maximum Gasteiger partial charge on any atom is 0.291 e. The van der Waals surface area contributed by atoms with Gasteiger partial charge >= 0.3 is 0 Å². The van der Waals surface area contributed by atoms with Crippen molar-refractivity contribution in [3.63, 3.8) is 0 Å². The number of fused-ring (bicyclic) bond motifs is 1. The third-order valence-electron chi connectivity index (χ3n) is 3.05. The zero-order valence-electron chi connectivity index (χ0n) is 11.1. The summed E-state index contributed by atoms with van der Waals surface area (Å²) in [4.78, 5) is 12.2. The van der Waals surface area contributed by atoms with Crippen molar-refractivity contribution in [2.24, 2.45) is 0 Å². The largest absolute Gasteiger partial charge is 0.451 e. The summed E-state index contributed by atoms with van der Waals surface area (Å²) in [5.74, 6) is 2.41. The second-order valence-electron chi connectivity index (χ2n) is 4.59. The van der Waals surface area contributed by atoms with Crippen LogP contribution >= 0.6 is 0 Å². The SMILES string of the molecule is C#Cc1cccc(NC(=O)c2cc3cc(N)ccc3o2)c1. The fraction of sp³-hybridized carbons (Fsp3) is 0. The summed E-state index contributed by atoms with van der Waals surface area (Å²) in [5.41, 5.74) is 8.26. The number of nitrogens with one attached hydrogen (secondary N) is 1. The van der Waals surface area contributed by atoms with Gasteiger partial charge in [0.25, 0.3) is 5.91 Å². The summed E-state index contributed by atoms with van der Waals surface area (Å²) >= 11 is 0. The predicted molar refractivity (Wildman–Crippen MR) is 83.0 cm³/mol. The van der Waals surface area contributed by atoms with E-state index < -0.39 is 0 Å². The fourth-order valence-electron chi connectivity index (χ4n) is 2.05. The molecule has 102 valence electrons. The fourth-order valence-corrected chi connectivity index (χ4v) is 2.05. The summed E-state index contributed by atoms with van der Waals surface area (Å²) in [6.07, 6.45) is 5.33. The first kappa shape index (κ1) is 12.8. The lowest BCUT2D eigenvalue weighted by molar-refractivity contribution is 0.0998. The Morgan fingerprint density at radius 2 is 2.05 bits per heavy atom. The average Bonchev–Trinajstić information content (AvgIpc) is 2.90. The van der Waals surface area contributed by atoms with Gasteiger partial charge in [0, 0.05) is 22.3 Å². The molecule has 21 heavy (non-hydrogen) atoms. The van der Waals surface area contributed by atoms with E-state index in [4.69, 9.17) is 16.6 Å². The highest BCUT2D eigenvalue weighted by Gasteiger charge is 2.12. The number of hydrogen-bond acceptors (Lipinski definition) is 3. The normalized spacial score (nSPS) is 10.2. The van der Waals surface area contributed by atoms with Gasteiger partial charge in [0.2, 0.25) is 0 Å². The average molecular weight is 276 g/mol. The number of nitrogen functional groups attached to an aromatic ring is 1. The minimum Gasteiger partial charge on any atom is -0.451 e. The van der Waals surface area contributed by atoms with Gasteiger partial charge in [-0.2, -0.15) is 0 Å². The quantitative estimate of drug-likeness (QED) is 0.557. The lowest BCUT2D eigenvalue weighted by Crippen LogP contribution is -2.10. The van der Waals surface area contributed by atoms with Crippen molar-refractivity contribution >= 4 is 28.3 Å². The molecular formula is C17H12N2O2. The van der Waals surface area contributed by atoms with E-state index in [2.05, 4.69) is 11.2 Å². The van der Waals surface area contributed by atoms with Gasteiger partial charge in [-0.15, -0.1) is 6.42 Å². The minimum absolute atomic E-state index is 0.224. The van der Waals surface area contributed by atoms with Crippen LogP contribution in [0.25, 0.3) is 11.0 Å². The molecule has 0 bridgehead atoms. The van der Waals surface area contributed by atoms with Gasteiger partial charge in [0.1, 0.15) is 5.58 Å². The van der Waals surface area contributed by atoms with Gasteiger partial charge in [-0.3, -0.25) is 4.79 Å². The van der Waals surface area contributed by atoms with Crippen molar-refractivity contribution in [2.45, 2.75) is 0 Å². The van der Waals surface area contributed by atoms with Crippen LogP contribution in [0.1, 0.15) is 16.1 Å². The van der Waals surface area contributed by atoms with Crippen LogP contribution in [0.4, 0.5) is 11.4 Å². The zero-order valence-corrected chi connectivity index (χ0v) is 11.1. The van der Waals surface area contributed by atoms with Gasteiger partial charge in [-0.05, 0) is 42.5 Å². The van der Waals surface area contributed by atoms with Crippen LogP contribution in [0.3, 0.4) is 0 Å². The lowest BCUT2D eigenvalue weighted by Gasteiger charge is -2.03. The van der Waals surface area contributed by atoms with Crippen LogP contribution < -0.4 is 11.1 Å². The summed E-state index contributed by atoms with van der Waals surface area (Å²) in [6, 6.07) is 13.9. The first-order valence-electron chi connectivity index (χ1n) is 6.33. The Morgan fingerprint density at radius 3 is 2.86 bits per heavy atom. The highest BCUT2D eigenvalue weighted by molar-refractivity contribution is 6.04. The first-order chi connectivity index (χ1) is 10.2. The second kappa shape index (κ2) is 5.06. The molecule has 0 saturated heterocycles. The van der Waals surface area contributed by atoms with Gasteiger partial charge in [0.05, 0.1) is 0 Å². The van der Waals surface area contributed by atoms with Crippen molar-refractivity contribution in [1.29, 1.82) is 0 Å². The maximum atomic E-state index is 12.2. The van der Waals surface area contributed by atoms with E-state index in [9.17, 15) is 4.79 Å². The van der Waals surface area contributed by atoms with Crippen molar-refractivity contribution in [3.8, 4) is 12.3 Å². The van der Waals surface area contributed by atoms with Crippen molar-refractivity contribution in [2.75, 3.05) is 11.1 Å². The number of nitrogens with two attached hydrogens (primary N) is 1. The number of benzene rings is 2. The minimum atomic E-state index is -0.334. The first-order valence-corrected chi connectivity index (χ1v) is 6.33. The number of furan rings is 1. The van der Waals surface area contributed by atoms with Crippen LogP contribution in [-0.2, 0) is 0 Å². The van der Waals surface area contributed by atoms with Crippen LogP contribution in [0.5, 0.6) is 0 Å². The molecule has 0 unspecified atom stereocenters. The van der Waals surface area contributed by atoms with Gasteiger partial charge in [-0.25, -0.2) is 0 Å². The molecule has 3 N–H and O–H groups in total. The molecule has 0 aliphatic heterocycles.